The number of esters is 1. The maximum atomic E-state index is 13.4. The average Bonchev–Trinajstić information content (AvgIpc) is 2.54. The van der Waals surface area contributed by atoms with Crippen molar-refractivity contribution < 1.29 is 27.1 Å². The zero-order valence-corrected chi connectivity index (χ0v) is 14.5. The van der Waals surface area contributed by atoms with Crippen LogP contribution in [0.5, 0.6) is 0 Å². The van der Waals surface area contributed by atoms with E-state index in [1.165, 1.54) is 30.3 Å². The van der Waals surface area contributed by atoms with Gasteiger partial charge in [-0.1, -0.05) is 23.7 Å². The minimum absolute atomic E-state index is 0.0214. The molecule has 0 unspecified atom stereocenters. The normalized spacial score (nSPS) is 11.0. The molecule has 0 heterocycles. The lowest BCUT2D eigenvalue weighted by Crippen LogP contribution is -2.21. The Labute approximate surface area is 148 Å². The summed E-state index contributed by atoms with van der Waals surface area (Å²) in [5.74, 6) is -2.36. The first kappa shape index (κ1) is 18.9. The number of amides is 1. The summed E-state index contributed by atoms with van der Waals surface area (Å²) in [5.41, 5.74) is -0.246. The van der Waals surface area contributed by atoms with E-state index >= 15 is 0 Å². The van der Waals surface area contributed by atoms with Crippen molar-refractivity contribution in [2.75, 3.05) is 18.2 Å². The van der Waals surface area contributed by atoms with Crippen molar-refractivity contribution in [2.45, 2.75) is 4.90 Å². The largest absolute Gasteiger partial charge is 0.452 e. The van der Waals surface area contributed by atoms with E-state index in [2.05, 4.69) is 5.32 Å². The van der Waals surface area contributed by atoms with E-state index in [9.17, 15) is 22.4 Å². The lowest BCUT2D eigenvalue weighted by atomic mass is 10.2. The van der Waals surface area contributed by atoms with Gasteiger partial charge in [-0.2, -0.15) is 0 Å². The van der Waals surface area contributed by atoms with Crippen molar-refractivity contribution in [3.8, 4) is 0 Å². The fourth-order valence-electron chi connectivity index (χ4n) is 1.85. The van der Waals surface area contributed by atoms with E-state index in [0.717, 1.165) is 18.4 Å². The highest BCUT2D eigenvalue weighted by Crippen LogP contribution is 2.21. The molecule has 0 aromatic heterocycles. The number of hydrogen-bond acceptors (Lipinski definition) is 5. The van der Waals surface area contributed by atoms with E-state index in [1.54, 1.807) is 0 Å². The molecule has 25 heavy (non-hydrogen) atoms. The summed E-state index contributed by atoms with van der Waals surface area (Å²) in [6, 6.07) is 9.06. The number of para-hydroxylation sites is 1. The second-order valence-corrected chi connectivity index (χ2v) is 7.44. The number of carbonyl (C=O) groups is 2. The molecule has 0 bridgehead atoms. The standard InChI is InChI=1S/C16H13ClFNO5S/c1-25(22,23)10-6-7-12(17)11(8-10)16(21)24-9-15(20)19-14-5-3-2-4-13(14)18/h2-8H,9H2,1H3,(H,19,20). The third-order valence-corrected chi connectivity index (χ3v) is 4.51. The summed E-state index contributed by atoms with van der Waals surface area (Å²) in [5, 5.41) is 2.23. The Bertz CT molecular complexity index is 930. The third kappa shape index (κ3) is 5.01. The summed E-state index contributed by atoms with van der Waals surface area (Å²) < 4.78 is 41.3. The van der Waals surface area contributed by atoms with E-state index in [-0.39, 0.29) is 21.2 Å². The van der Waals surface area contributed by atoms with E-state index < -0.39 is 34.1 Å². The van der Waals surface area contributed by atoms with Crippen molar-refractivity contribution in [1.82, 2.24) is 0 Å². The molecule has 132 valence electrons. The first-order chi connectivity index (χ1) is 11.7. The molecular formula is C16H13ClFNO5S. The Morgan fingerprint density at radius 2 is 1.88 bits per heavy atom. The first-order valence-corrected chi connectivity index (χ1v) is 9.16. The quantitative estimate of drug-likeness (QED) is 0.799. The summed E-state index contributed by atoms with van der Waals surface area (Å²) in [6.07, 6.45) is 0.979. The molecule has 0 aliphatic carbocycles. The van der Waals surface area contributed by atoms with Gasteiger partial charge in [0.05, 0.1) is 21.2 Å². The van der Waals surface area contributed by atoms with Gasteiger partial charge in [0.15, 0.2) is 16.4 Å². The Morgan fingerprint density at radius 1 is 1.20 bits per heavy atom. The number of halogens is 2. The fraction of sp³-hybridized carbons (Fsp3) is 0.125. The molecule has 9 heteroatoms. The number of ether oxygens (including phenoxy) is 1. The van der Waals surface area contributed by atoms with Gasteiger partial charge in [-0.25, -0.2) is 17.6 Å². The minimum Gasteiger partial charge on any atom is -0.452 e. The molecule has 2 rings (SSSR count). The lowest BCUT2D eigenvalue weighted by molar-refractivity contribution is -0.119. The van der Waals surface area contributed by atoms with E-state index in [1.807, 2.05) is 0 Å². The molecule has 2 aromatic carbocycles. The molecule has 0 aliphatic rings. The van der Waals surface area contributed by atoms with Gasteiger partial charge < -0.3 is 10.1 Å². The maximum Gasteiger partial charge on any atom is 0.340 e. The molecule has 0 fully saturated rings. The van der Waals surface area contributed by atoms with E-state index in [0.29, 0.717) is 0 Å². The Hall–Kier alpha value is -2.45. The number of nitrogens with one attached hydrogen (secondary N) is 1. The Kier molecular flexibility index (Phi) is 5.76. The molecule has 0 atom stereocenters. The number of anilines is 1. The highest BCUT2D eigenvalue weighted by atomic mass is 35.5. The van der Waals surface area contributed by atoms with Gasteiger partial charge in [0.25, 0.3) is 5.91 Å². The molecule has 2 aromatic rings. The third-order valence-electron chi connectivity index (χ3n) is 3.07. The minimum atomic E-state index is -3.54. The summed E-state index contributed by atoms with van der Waals surface area (Å²) >= 11 is 5.86. The van der Waals surface area contributed by atoms with E-state index in [4.69, 9.17) is 16.3 Å². The second-order valence-electron chi connectivity index (χ2n) is 5.02. The molecule has 0 radical (unpaired) electrons. The lowest BCUT2D eigenvalue weighted by Gasteiger charge is -2.09. The van der Waals surface area contributed by atoms with Gasteiger partial charge in [-0.15, -0.1) is 0 Å². The highest BCUT2D eigenvalue weighted by Gasteiger charge is 2.18. The fourth-order valence-corrected chi connectivity index (χ4v) is 2.69. The van der Waals surface area contributed by atoms with Gasteiger partial charge in [-0.05, 0) is 30.3 Å². The van der Waals surface area contributed by atoms with Gasteiger partial charge >= 0.3 is 5.97 Å². The van der Waals surface area contributed by atoms with Crippen LogP contribution >= 0.6 is 11.6 Å². The van der Waals surface area contributed by atoms with Crippen LogP contribution in [0.3, 0.4) is 0 Å². The van der Waals surface area contributed by atoms with Crippen LogP contribution in [0.1, 0.15) is 10.4 Å². The van der Waals surface area contributed by atoms with Gasteiger partial charge in [0, 0.05) is 6.26 Å². The van der Waals surface area contributed by atoms with Crippen molar-refractivity contribution in [1.29, 1.82) is 0 Å². The van der Waals surface area contributed by atoms with Crippen LogP contribution in [0.15, 0.2) is 47.4 Å². The molecule has 0 saturated heterocycles. The molecule has 6 nitrogen and oxygen atoms in total. The number of sulfone groups is 1. The maximum absolute atomic E-state index is 13.4. The average molecular weight is 386 g/mol. The van der Waals surface area contributed by atoms with Crippen LogP contribution in [-0.4, -0.2) is 33.2 Å². The monoisotopic (exact) mass is 385 g/mol. The Balaban J connectivity index is 2.05. The molecule has 0 aliphatic heterocycles. The molecule has 0 spiro atoms. The van der Waals surface area contributed by atoms with Crippen LogP contribution in [0, 0.1) is 5.82 Å². The molecule has 1 amide bonds. The van der Waals surface area contributed by atoms with Crippen LogP contribution in [-0.2, 0) is 19.4 Å². The molecule has 1 N–H and O–H groups in total. The zero-order valence-electron chi connectivity index (χ0n) is 13.0. The predicted octanol–water partition coefficient (Wildman–Crippen LogP) is 2.68. The first-order valence-electron chi connectivity index (χ1n) is 6.89. The van der Waals surface area contributed by atoms with Crippen molar-refractivity contribution in [3.63, 3.8) is 0 Å². The summed E-state index contributed by atoms with van der Waals surface area (Å²) in [4.78, 5) is 23.6. The van der Waals surface area contributed by atoms with Crippen molar-refractivity contribution >= 4 is 39.0 Å². The van der Waals surface area contributed by atoms with Crippen molar-refractivity contribution in [3.05, 3.63) is 58.9 Å². The van der Waals surface area contributed by atoms with Gasteiger partial charge in [-0.3, -0.25) is 4.79 Å². The van der Waals surface area contributed by atoms with Crippen LogP contribution in [0.4, 0.5) is 10.1 Å². The number of hydrogen-bond donors (Lipinski definition) is 1. The molecular weight excluding hydrogens is 373 g/mol. The topological polar surface area (TPSA) is 89.5 Å². The van der Waals surface area contributed by atoms with Crippen LogP contribution in [0.2, 0.25) is 5.02 Å². The number of carbonyl (C=O) groups excluding carboxylic acids is 2. The smallest absolute Gasteiger partial charge is 0.340 e. The second kappa shape index (κ2) is 7.62. The number of rotatable bonds is 5. The van der Waals surface area contributed by atoms with Crippen LogP contribution in [0.25, 0.3) is 0 Å². The van der Waals surface area contributed by atoms with Gasteiger partial charge in [0.1, 0.15) is 5.82 Å². The van der Waals surface area contributed by atoms with Gasteiger partial charge in [0.2, 0.25) is 0 Å². The molecule has 0 saturated carbocycles. The highest BCUT2D eigenvalue weighted by molar-refractivity contribution is 7.90. The summed E-state index contributed by atoms with van der Waals surface area (Å²) in [7, 11) is -3.54. The van der Waals surface area contributed by atoms with Crippen molar-refractivity contribution in [2.24, 2.45) is 0 Å². The van der Waals surface area contributed by atoms with Crippen LogP contribution < -0.4 is 5.32 Å². The Morgan fingerprint density at radius 3 is 2.52 bits per heavy atom. The summed E-state index contributed by atoms with van der Waals surface area (Å²) in [6.45, 7) is -0.688. The zero-order chi connectivity index (χ0) is 18.6. The SMILES string of the molecule is CS(=O)(=O)c1ccc(Cl)c(C(=O)OCC(=O)Nc2ccccc2F)c1. The number of benzene rings is 2. The predicted molar refractivity (Wildman–Crippen MR) is 89.9 cm³/mol.